The van der Waals surface area contributed by atoms with Gasteiger partial charge in [-0.2, -0.15) is 0 Å². The minimum absolute atomic E-state index is 0.0795. The van der Waals surface area contributed by atoms with Gasteiger partial charge in [0.15, 0.2) is 0 Å². The average molecular weight is 289 g/mol. The van der Waals surface area contributed by atoms with Crippen molar-refractivity contribution in [3.05, 3.63) is 71.3 Å². The molecule has 0 amide bonds. The van der Waals surface area contributed by atoms with E-state index in [1.54, 1.807) is 12.1 Å². The zero-order valence-corrected chi connectivity index (χ0v) is 12.2. The predicted octanol–water partition coefficient (Wildman–Crippen LogP) is 4.74. The third-order valence-electron chi connectivity index (χ3n) is 3.60. The van der Waals surface area contributed by atoms with E-state index in [4.69, 9.17) is 0 Å². The minimum atomic E-state index is -2.39. The zero-order chi connectivity index (χ0) is 15.1. The van der Waals surface area contributed by atoms with Crippen molar-refractivity contribution in [1.82, 2.24) is 5.32 Å². The molecular formula is C18H21F2N. The van der Waals surface area contributed by atoms with Gasteiger partial charge in [-0.1, -0.05) is 54.6 Å². The average Bonchev–Trinajstić information content (AvgIpc) is 2.52. The molecule has 21 heavy (non-hydrogen) atoms. The highest BCUT2D eigenvalue weighted by Crippen LogP contribution is 2.18. The Kier molecular flexibility index (Phi) is 5.88. The lowest BCUT2D eigenvalue weighted by molar-refractivity contribution is 0.151. The van der Waals surface area contributed by atoms with Crippen molar-refractivity contribution in [2.75, 3.05) is 0 Å². The van der Waals surface area contributed by atoms with Crippen LogP contribution in [0.1, 0.15) is 36.5 Å². The summed E-state index contributed by atoms with van der Waals surface area (Å²) in [6.45, 7) is 2.86. The molecule has 0 aliphatic rings. The summed E-state index contributed by atoms with van der Waals surface area (Å²) in [5, 5.41) is 3.43. The third kappa shape index (κ3) is 5.27. The van der Waals surface area contributed by atoms with Crippen molar-refractivity contribution in [2.45, 2.75) is 38.8 Å². The Labute approximate surface area is 125 Å². The van der Waals surface area contributed by atoms with Crippen LogP contribution in [0.15, 0.2) is 54.6 Å². The molecule has 3 heteroatoms. The van der Waals surface area contributed by atoms with Gasteiger partial charge in [0, 0.05) is 18.2 Å². The smallest absolute Gasteiger partial charge is 0.263 e. The second-order valence-electron chi connectivity index (χ2n) is 5.35. The van der Waals surface area contributed by atoms with E-state index in [9.17, 15) is 8.78 Å². The van der Waals surface area contributed by atoms with Crippen molar-refractivity contribution in [1.29, 1.82) is 0 Å². The molecule has 112 valence electrons. The van der Waals surface area contributed by atoms with Gasteiger partial charge < -0.3 is 5.32 Å². The molecule has 2 aromatic rings. The van der Waals surface area contributed by atoms with Crippen LogP contribution in [-0.2, 0) is 13.0 Å². The van der Waals surface area contributed by atoms with E-state index in [-0.39, 0.29) is 5.56 Å². The number of rotatable bonds is 7. The Balaban J connectivity index is 1.74. The molecule has 0 aromatic heterocycles. The molecule has 0 spiro atoms. The highest BCUT2D eigenvalue weighted by Gasteiger charge is 2.06. The molecule has 0 saturated carbocycles. The molecule has 2 aromatic carbocycles. The zero-order valence-electron chi connectivity index (χ0n) is 12.2. The Morgan fingerprint density at radius 3 is 2.19 bits per heavy atom. The Morgan fingerprint density at radius 1 is 0.905 bits per heavy atom. The fourth-order valence-corrected chi connectivity index (χ4v) is 2.20. The second kappa shape index (κ2) is 7.89. The van der Waals surface area contributed by atoms with E-state index in [1.165, 1.54) is 17.7 Å². The van der Waals surface area contributed by atoms with Gasteiger partial charge in [-0.05, 0) is 30.9 Å². The number of hydrogen-bond donors (Lipinski definition) is 1. The normalized spacial score (nSPS) is 12.6. The van der Waals surface area contributed by atoms with Crippen LogP contribution in [0.3, 0.4) is 0 Å². The van der Waals surface area contributed by atoms with Crippen LogP contribution in [0.5, 0.6) is 0 Å². The van der Waals surface area contributed by atoms with Crippen LogP contribution < -0.4 is 5.32 Å². The van der Waals surface area contributed by atoms with E-state index in [0.29, 0.717) is 12.6 Å². The summed E-state index contributed by atoms with van der Waals surface area (Å²) in [7, 11) is 0. The molecule has 0 aliphatic carbocycles. The Morgan fingerprint density at radius 2 is 1.57 bits per heavy atom. The standard InChI is InChI=1S/C18H21F2N/c1-14(7-8-15-5-3-2-4-6-15)21-13-16-9-11-17(12-10-16)18(19)20/h2-6,9-12,14,18,21H,7-8,13H2,1H3. The fraction of sp³-hybridized carbons (Fsp3) is 0.333. The van der Waals surface area contributed by atoms with Crippen LogP contribution >= 0.6 is 0 Å². The second-order valence-corrected chi connectivity index (χ2v) is 5.35. The highest BCUT2D eigenvalue weighted by atomic mass is 19.3. The lowest BCUT2D eigenvalue weighted by Gasteiger charge is -2.14. The van der Waals surface area contributed by atoms with Gasteiger partial charge in [-0.25, -0.2) is 8.78 Å². The molecule has 0 radical (unpaired) electrons. The summed E-state index contributed by atoms with van der Waals surface area (Å²) in [6, 6.07) is 17.3. The summed E-state index contributed by atoms with van der Waals surface area (Å²) in [5.41, 5.74) is 2.45. The number of aryl methyl sites for hydroxylation is 1. The first-order chi connectivity index (χ1) is 10.1. The number of benzene rings is 2. The van der Waals surface area contributed by atoms with Crippen molar-refractivity contribution in [2.24, 2.45) is 0 Å². The van der Waals surface area contributed by atoms with Gasteiger partial charge in [-0.3, -0.25) is 0 Å². The van der Waals surface area contributed by atoms with Gasteiger partial charge in [0.05, 0.1) is 0 Å². The summed E-state index contributed by atoms with van der Waals surface area (Å²) >= 11 is 0. The molecule has 0 heterocycles. The minimum Gasteiger partial charge on any atom is -0.310 e. The first-order valence-corrected chi connectivity index (χ1v) is 7.29. The first kappa shape index (κ1) is 15.6. The third-order valence-corrected chi connectivity index (χ3v) is 3.60. The summed E-state index contributed by atoms with van der Waals surface area (Å²) < 4.78 is 24.9. The fourth-order valence-electron chi connectivity index (χ4n) is 2.20. The molecule has 0 saturated heterocycles. The first-order valence-electron chi connectivity index (χ1n) is 7.29. The summed E-state index contributed by atoms with van der Waals surface area (Å²) in [6.07, 6.45) is -0.296. The van der Waals surface area contributed by atoms with Crippen molar-refractivity contribution < 1.29 is 8.78 Å². The van der Waals surface area contributed by atoms with E-state index in [0.717, 1.165) is 18.4 Å². The summed E-state index contributed by atoms with van der Waals surface area (Å²) in [5.74, 6) is 0. The molecular weight excluding hydrogens is 268 g/mol. The Bertz CT molecular complexity index is 523. The molecule has 0 bridgehead atoms. The van der Waals surface area contributed by atoms with Crippen LogP contribution in [0.4, 0.5) is 8.78 Å². The van der Waals surface area contributed by atoms with Crippen molar-refractivity contribution in [3.63, 3.8) is 0 Å². The largest absolute Gasteiger partial charge is 0.310 e. The topological polar surface area (TPSA) is 12.0 Å². The molecule has 1 atom stereocenters. The number of hydrogen-bond acceptors (Lipinski definition) is 1. The van der Waals surface area contributed by atoms with Crippen molar-refractivity contribution in [3.8, 4) is 0 Å². The molecule has 1 N–H and O–H groups in total. The van der Waals surface area contributed by atoms with E-state index >= 15 is 0 Å². The van der Waals surface area contributed by atoms with Gasteiger partial charge in [0.25, 0.3) is 6.43 Å². The Hall–Kier alpha value is -1.74. The molecule has 1 unspecified atom stereocenters. The predicted molar refractivity (Wildman–Crippen MR) is 82.5 cm³/mol. The number of alkyl halides is 2. The van der Waals surface area contributed by atoms with E-state index < -0.39 is 6.43 Å². The SMILES string of the molecule is CC(CCc1ccccc1)NCc1ccc(C(F)F)cc1. The molecule has 2 rings (SSSR count). The molecule has 0 fully saturated rings. The summed E-state index contributed by atoms with van der Waals surface area (Å²) in [4.78, 5) is 0. The maximum Gasteiger partial charge on any atom is 0.263 e. The monoisotopic (exact) mass is 289 g/mol. The van der Waals surface area contributed by atoms with Gasteiger partial charge in [0.1, 0.15) is 0 Å². The highest BCUT2D eigenvalue weighted by molar-refractivity contribution is 5.23. The van der Waals surface area contributed by atoms with Gasteiger partial charge in [-0.15, -0.1) is 0 Å². The van der Waals surface area contributed by atoms with Crippen molar-refractivity contribution >= 4 is 0 Å². The van der Waals surface area contributed by atoms with Crippen LogP contribution in [0.2, 0.25) is 0 Å². The molecule has 1 nitrogen and oxygen atoms in total. The number of nitrogens with one attached hydrogen (secondary N) is 1. The molecule has 0 aliphatic heterocycles. The van der Waals surface area contributed by atoms with Crippen LogP contribution in [0, 0.1) is 0 Å². The van der Waals surface area contributed by atoms with Crippen LogP contribution in [0.25, 0.3) is 0 Å². The van der Waals surface area contributed by atoms with Gasteiger partial charge in [0.2, 0.25) is 0 Å². The van der Waals surface area contributed by atoms with Gasteiger partial charge >= 0.3 is 0 Å². The lowest BCUT2D eigenvalue weighted by atomic mass is 10.1. The quantitative estimate of drug-likeness (QED) is 0.776. The lowest BCUT2D eigenvalue weighted by Crippen LogP contribution is -2.25. The van der Waals surface area contributed by atoms with Crippen LogP contribution in [-0.4, -0.2) is 6.04 Å². The van der Waals surface area contributed by atoms with E-state index in [1.807, 2.05) is 6.07 Å². The number of halogens is 2. The maximum absolute atomic E-state index is 12.5. The van der Waals surface area contributed by atoms with E-state index in [2.05, 4.69) is 36.5 Å². The maximum atomic E-state index is 12.5.